The molecule has 3 rings (SSSR count). The van der Waals surface area contributed by atoms with Crippen LogP contribution in [0.2, 0.25) is 5.02 Å². The van der Waals surface area contributed by atoms with Crippen LogP contribution in [-0.4, -0.2) is 12.2 Å². The predicted molar refractivity (Wildman–Crippen MR) is 77.3 cm³/mol. The maximum atomic E-state index is 13.2. The molecule has 0 spiro atoms. The fraction of sp³-hybridized carbons (Fsp3) is 0.250. The summed E-state index contributed by atoms with van der Waals surface area (Å²) in [5.41, 5.74) is 1.32. The Labute approximate surface area is 126 Å². The summed E-state index contributed by atoms with van der Waals surface area (Å²) in [6.07, 6.45) is -0.754. The second-order valence-corrected chi connectivity index (χ2v) is 5.34. The van der Waals surface area contributed by atoms with Gasteiger partial charge in [-0.3, -0.25) is 0 Å². The van der Waals surface area contributed by atoms with Crippen molar-refractivity contribution in [2.75, 3.05) is 7.11 Å². The summed E-state index contributed by atoms with van der Waals surface area (Å²) >= 11 is 6.11. The molecule has 0 aromatic heterocycles. The molecule has 5 heteroatoms. The van der Waals surface area contributed by atoms with Crippen LogP contribution >= 0.6 is 11.6 Å². The van der Waals surface area contributed by atoms with Crippen LogP contribution in [0.5, 0.6) is 11.5 Å². The van der Waals surface area contributed by atoms with Crippen molar-refractivity contribution in [3.63, 3.8) is 0 Å². The number of hydrogen-bond acceptors (Lipinski definition) is 3. The van der Waals surface area contributed by atoms with Gasteiger partial charge in [-0.2, -0.15) is 0 Å². The Balaban J connectivity index is 1.92. The lowest BCUT2D eigenvalue weighted by atomic mass is 9.95. The quantitative estimate of drug-likeness (QED) is 0.910. The highest BCUT2D eigenvalue weighted by molar-refractivity contribution is 6.32. The Kier molecular flexibility index (Phi) is 3.74. The van der Waals surface area contributed by atoms with Gasteiger partial charge in [0, 0.05) is 12.0 Å². The molecule has 110 valence electrons. The smallest absolute Gasteiger partial charge is 0.137 e. The molecule has 2 aromatic rings. The molecule has 1 aliphatic rings. The van der Waals surface area contributed by atoms with Crippen molar-refractivity contribution in [3.05, 3.63) is 58.4 Å². The minimum Gasteiger partial charge on any atom is -0.495 e. The van der Waals surface area contributed by atoms with Gasteiger partial charge in [0.2, 0.25) is 0 Å². The monoisotopic (exact) mass is 308 g/mol. The van der Waals surface area contributed by atoms with E-state index in [4.69, 9.17) is 21.1 Å². The fourth-order valence-corrected chi connectivity index (χ4v) is 2.77. The average Bonchev–Trinajstić information content (AvgIpc) is 2.47. The lowest BCUT2D eigenvalue weighted by Gasteiger charge is -2.30. The summed E-state index contributed by atoms with van der Waals surface area (Å²) in [5, 5.41) is 10.7. The molecule has 1 heterocycles. The summed E-state index contributed by atoms with van der Waals surface area (Å²) in [7, 11) is 1.55. The van der Waals surface area contributed by atoms with Crippen LogP contribution in [0.4, 0.5) is 4.39 Å². The van der Waals surface area contributed by atoms with Crippen LogP contribution < -0.4 is 9.47 Å². The molecular weight excluding hydrogens is 295 g/mol. The van der Waals surface area contributed by atoms with Crippen LogP contribution in [0.15, 0.2) is 36.4 Å². The van der Waals surface area contributed by atoms with E-state index < -0.39 is 6.10 Å². The minimum atomic E-state index is -0.768. The van der Waals surface area contributed by atoms with E-state index in [1.165, 1.54) is 18.2 Å². The van der Waals surface area contributed by atoms with Crippen LogP contribution in [0.25, 0.3) is 0 Å². The van der Waals surface area contributed by atoms with Crippen LogP contribution in [0.1, 0.15) is 29.8 Å². The molecular formula is C16H14ClFO3. The topological polar surface area (TPSA) is 38.7 Å². The zero-order valence-corrected chi connectivity index (χ0v) is 12.1. The number of methoxy groups -OCH3 is 1. The van der Waals surface area contributed by atoms with Gasteiger partial charge >= 0.3 is 0 Å². The molecule has 2 aromatic carbocycles. The first-order valence-corrected chi connectivity index (χ1v) is 6.94. The Morgan fingerprint density at radius 3 is 2.81 bits per heavy atom. The van der Waals surface area contributed by atoms with Crippen molar-refractivity contribution in [2.24, 2.45) is 0 Å². The first kappa shape index (κ1) is 14.2. The molecule has 2 atom stereocenters. The zero-order valence-electron chi connectivity index (χ0n) is 11.3. The largest absolute Gasteiger partial charge is 0.495 e. The first-order chi connectivity index (χ1) is 10.1. The number of ether oxygens (including phenoxy) is 2. The zero-order chi connectivity index (χ0) is 15.0. The molecule has 21 heavy (non-hydrogen) atoms. The van der Waals surface area contributed by atoms with Gasteiger partial charge in [0.25, 0.3) is 0 Å². The average molecular weight is 309 g/mol. The van der Waals surface area contributed by atoms with E-state index in [1.807, 2.05) is 6.07 Å². The summed E-state index contributed by atoms with van der Waals surface area (Å²) in [6, 6.07) is 9.51. The van der Waals surface area contributed by atoms with Crippen LogP contribution in [0.3, 0.4) is 0 Å². The highest BCUT2D eigenvalue weighted by Crippen LogP contribution is 2.42. The number of rotatable bonds is 2. The summed E-state index contributed by atoms with van der Waals surface area (Å²) in [6.45, 7) is 0. The van der Waals surface area contributed by atoms with E-state index in [0.717, 1.165) is 5.56 Å². The van der Waals surface area contributed by atoms with Crippen molar-refractivity contribution in [1.29, 1.82) is 0 Å². The molecule has 0 radical (unpaired) electrons. The highest BCUT2D eigenvalue weighted by atomic mass is 35.5. The molecule has 0 saturated carbocycles. The van der Waals surface area contributed by atoms with E-state index >= 15 is 0 Å². The van der Waals surface area contributed by atoms with Gasteiger partial charge in [0.15, 0.2) is 0 Å². The first-order valence-electron chi connectivity index (χ1n) is 6.56. The number of aliphatic hydroxyl groups is 1. The second kappa shape index (κ2) is 5.54. The number of halogens is 2. The van der Waals surface area contributed by atoms with Crippen molar-refractivity contribution in [3.8, 4) is 11.5 Å². The summed E-state index contributed by atoms with van der Waals surface area (Å²) in [4.78, 5) is 0. The van der Waals surface area contributed by atoms with Crippen LogP contribution in [0, 0.1) is 5.82 Å². The Hall–Kier alpha value is -1.78. The van der Waals surface area contributed by atoms with Gasteiger partial charge in [-0.05, 0) is 35.9 Å². The molecule has 0 amide bonds. The predicted octanol–water partition coefficient (Wildman–Crippen LogP) is 4.04. The molecule has 0 fully saturated rings. The number of benzene rings is 2. The van der Waals surface area contributed by atoms with Crippen LogP contribution in [-0.2, 0) is 0 Å². The lowest BCUT2D eigenvalue weighted by molar-refractivity contribution is 0.0653. The van der Waals surface area contributed by atoms with Gasteiger partial charge in [-0.15, -0.1) is 0 Å². The third kappa shape index (κ3) is 2.69. The summed E-state index contributed by atoms with van der Waals surface area (Å²) < 4.78 is 24.2. The van der Waals surface area contributed by atoms with Gasteiger partial charge in [0.1, 0.15) is 23.4 Å². The highest BCUT2D eigenvalue weighted by Gasteiger charge is 2.28. The normalized spacial score (nSPS) is 20.6. The minimum absolute atomic E-state index is 0.332. The third-order valence-electron chi connectivity index (χ3n) is 3.59. The Morgan fingerprint density at radius 2 is 2.10 bits per heavy atom. The second-order valence-electron chi connectivity index (χ2n) is 4.93. The standard InChI is InChI=1S/C16H14ClFO3/c1-20-15-4-2-9(6-12(15)17)16-8-13(19)11-7-10(18)3-5-14(11)21-16/h2-7,13,16,19H,8H2,1H3/t13-,16?/m0/s1. The van der Waals surface area contributed by atoms with Gasteiger partial charge in [-0.1, -0.05) is 17.7 Å². The molecule has 0 aliphatic carbocycles. The maximum absolute atomic E-state index is 13.2. The SMILES string of the molecule is COc1ccc(C2C[C@H](O)c3cc(F)ccc3O2)cc1Cl. The molecule has 0 saturated heterocycles. The van der Waals surface area contributed by atoms with E-state index in [1.54, 1.807) is 19.2 Å². The maximum Gasteiger partial charge on any atom is 0.137 e. The van der Waals surface area contributed by atoms with E-state index in [2.05, 4.69) is 0 Å². The fourth-order valence-electron chi connectivity index (χ4n) is 2.51. The van der Waals surface area contributed by atoms with Crippen molar-refractivity contribution in [1.82, 2.24) is 0 Å². The van der Waals surface area contributed by atoms with Crippen molar-refractivity contribution >= 4 is 11.6 Å². The van der Waals surface area contributed by atoms with Gasteiger partial charge in [-0.25, -0.2) is 4.39 Å². The van der Waals surface area contributed by atoms with Gasteiger partial charge < -0.3 is 14.6 Å². The summed E-state index contributed by atoms with van der Waals surface area (Å²) in [5.74, 6) is 0.689. The number of fused-ring (bicyclic) bond motifs is 1. The third-order valence-corrected chi connectivity index (χ3v) is 3.88. The Bertz CT molecular complexity index is 675. The van der Waals surface area contributed by atoms with Crippen molar-refractivity contribution < 1.29 is 19.0 Å². The van der Waals surface area contributed by atoms with E-state index in [0.29, 0.717) is 28.5 Å². The van der Waals surface area contributed by atoms with Gasteiger partial charge in [0.05, 0.1) is 18.2 Å². The lowest BCUT2D eigenvalue weighted by Crippen LogP contribution is -2.19. The number of aliphatic hydroxyl groups excluding tert-OH is 1. The molecule has 1 N–H and O–H groups in total. The van der Waals surface area contributed by atoms with Crippen molar-refractivity contribution in [2.45, 2.75) is 18.6 Å². The molecule has 0 bridgehead atoms. The van der Waals surface area contributed by atoms with E-state index in [9.17, 15) is 9.50 Å². The Morgan fingerprint density at radius 1 is 1.29 bits per heavy atom. The number of hydrogen-bond donors (Lipinski definition) is 1. The molecule has 1 aliphatic heterocycles. The molecule has 3 nitrogen and oxygen atoms in total. The molecule has 1 unspecified atom stereocenters. The van der Waals surface area contributed by atoms with E-state index in [-0.39, 0.29) is 11.9 Å².